The van der Waals surface area contributed by atoms with Gasteiger partial charge in [-0.1, -0.05) is 27.7 Å². The van der Waals surface area contributed by atoms with Gasteiger partial charge < -0.3 is 9.88 Å². The molecule has 1 amide bonds. The van der Waals surface area contributed by atoms with Gasteiger partial charge in [-0.15, -0.1) is 0 Å². The number of nitrogens with zero attached hydrogens (tertiary/aromatic N) is 1. The Morgan fingerprint density at radius 1 is 1.30 bits per heavy atom. The van der Waals surface area contributed by atoms with Crippen molar-refractivity contribution in [1.82, 2.24) is 9.88 Å². The maximum Gasteiger partial charge on any atom is 0.270 e. The van der Waals surface area contributed by atoms with E-state index in [4.69, 9.17) is 0 Å². The van der Waals surface area contributed by atoms with Crippen LogP contribution >= 0.6 is 0 Å². The van der Waals surface area contributed by atoms with Crippen LogP contribution in [0.15, 0.2) is 12.1 Å². The summed E-state index contributed by atoms with van der Waals surface area (Å²) >= 11 is 0. The first-order valence-electron chi connectivity index (χ1n) is 7.89. The van der Waals surface area contributed by atoms with E-state index in [1.807, 2.05) is 17.0 Å². The highest BCUT2D eigenvalue weighted by Gasteiger charge is 2.28. The van der Waals surface area contributed by atoms with Crippen molar-refractivity contribution in [2.24, 2.45) is 11.3 Å². The average molecular weight is 276 g/mol. The van der Waals surface area contributed by atoms with Gasteiger partial charge in [0.1, 0.15) is 5.69 Å². The Labute approximate surface area is 122 Å². The van der Waals surface area contributed by atoms with E-state index >= 15 is 0 Å². The number of nitrogens with one attached hydrogen (secondary N) is 1. The van der Waals surface area contributed by atoms with E-state index in [9.17, 15) is 4.79 Å². The van der Waals surface area contributed by atoms with Crippen LogP contribution in [0.1, 0.15) is 63.1 Å². The molecular formula is C17H28N2O. The number of aryl methyl sites for hydroxylation is 1. The number of carbonyl (C=O) groups excluding carboxylic acids is 1. The smallest absolute Gasteiger partial charge is 0.270 e. The van der Waals surface area contributed by atoms with Crippen molar-refractivity contribution in [3.8, 4) is 0 Å². The van der Waals surface area contributed by atoms with Gasteiger partial charge in [0.15, 0.2) is 0 Å². The molecule has 20 heavy (non-hydrogen) atoms. The van der Waals surface area contributed by atoms with Gasteiger partial charge >= 0.3 is 0 Å². The van der Waals surface area contributed by atoms with Crippen molar-refractivity contribution in [2.75, 3.05) is 13.1 Å². The summed E-state index contributed by atoms with van der Waals surface area (Å²) in [6, 6.07) is 3.94. The fourth-order valence-electron chi connectivity index (χ4n) is 3.11. The van der Waals surface area contributed by atoms with E-state index in [1.54, 1.807) is 0 Å². The van der Waals surface area contributed by atoms with E-state index in [0.29, 0.717) is 5.41 Å². The summed E-state index contributed by atoms with van der Waals surface area (Å²) in [5, 5.41) is 0. The normalized spacial score (nSPS) is 20.8. The molecule has 1 aliphatic heterocycles. The maximum absolute atomic E-state index is 12.5. The number of carbonyl (C=O) groups is 1. The predicted octanol–water partition coefficient (Wildman–Crippen LogP) is 3.87. The second-order valence-corrected chi connectivity index (χ2v) is 7.04. The summed E-state index contributed by atoms with van der Waals surface area (Å²) in [6.45, 7) is 10.8. The first-order valence-corrected chi connectivity index (χ1v) is 7.89. The second-order valence-electron chi connectivity index (χ2n) is 7.04. The quantitative estimate of drug-likeness (QED) is 0.874. The number of rotatable bonds is 2. The summed E-state index contributed by atoms with van der Waals surface area (Å²) in [4.78, 5) is 17.8. The van der Waals surface area contributed by atoms with E-state index < -0.39 is 0 Å². The number of H-pyrrole nitrogens is 1. The molecule has 1 saturated heterocycles. The van der Waals surface area contributed by atoms with Crippen LogP contribution in [0.5, 0.6) is 0 Å². The molecule has 1 fully saturated rings. The minimum atomic E-state index is 0.166. The molecule has 0 radical (unpaired) electrons. The van der Waals surface area contributed by atoms with Crippen LogP contribution in [0.4, 0.5) is 0 Å². The van der Waals surface area contributed by atoms with Gasteiger partial charge in [-0.2, -0.15) is 0 Å². The molecular weight excluding hydrogens is 248 g/mol. The van der Waals surface area contributed by atoms with Gasteiger partial charge in [0, 0.05) is 18.8 Å². The van der Waals surface area contributed by atoms with E-state index in [0.717, 1.165) is 49.7 Å². The standard InChI is InChI=1S/C17H28N2O/c1-5-14-8-9-15(18-14)16(20)19-11-6-7-13(10-12-19)17(2,3)4/h8-9,13,18H,5-7,10-12H2,1-4H3/t13-/m0/s1. The number of aromatic nitrogens is 1. The van der Waals surface area contributed by atoms with E-state index in [2.05, 4.69) is 32.7 Å². The molecule has 0 spiro atoms. The summed E-state index contributed by atoms with van der Waals surface area (Å²) in [6.07, 6.45) is 4.42. The fraction of sp³-hybridized carbons (Fsp3) is 0.706. The Bertz CT molecular complexity index is 456. The molecule has 0 aromatic carbocycles. The molecule has 1 N–H and O–H groups in total. The molecule has 2 rings (SSSR count). The molecule has 0 unspecified atom stereocenters. The van der Waals surface area contributed by atoms with Gasteiger partial charge in [-0.05, 0) is 49.1 Å². The van der Waals surface area contributed by atoms with Crippen molar-refractivity contribution in [2.45, 2.75) is 53.4 Å². The molecule has 1 aromatic heterocycles. The predicted molar refractivity (Wildman–Crippen MR) is 82.9 cm³/mol. The third-order valence-corrected chi connectivity index (χ3v) is 4.60. The molecule has 2 heterocycles. The Hall–Kier alpha value is -1.25. The highest BCUT2D eigenvalue weighted by Crippen LogP contribution is 2.34. The topological polar surface area (TPSA) is 36.1 Å². The van der Waals surface area contributed by atoms with Crippen molar-refractivity contribution >= 4 is 5.91 Å². The van der Waals surface area contributed by atoms with Crippen molar-refractivity contribution in [1.29, 1.82) is 0 Å². The zero-order chi connectivity index (χ0) is 14.8. The number of hydrogen-bond acceptors (Lipinski definition) is 1. The lowest BCUT2D eigenvalue weighted by Gasteiger charge is -2.29. The van der Waals surface area contributed by atoms with Crippen LogP contribution in [-0.2, 0) is 6.42 Å². The lowest BCUT2D eigenvalue weighted by molar-refractivity contribution is 0.0750. The SMILES string of the molecule is CCc1ccc(C(=O)N2CCC[C@H](C(C)(C)C)CC2)[nH]1. The molecule has 112 valence electrons. The van der Waals surface area contributed by atoms with Gasteiger partial charge in [-0.25, -0.2) is 0 Å². The third kappa shape index (κ3) is 3.44. The van der Waals surface area contributed by atoms with Crippen molar-refractivity contribution in [3.63, 3.8) is 0 Å². The highest BCUT2D eigenvalue weighted by atomic mass is 16.2. The Morgan fingerprint density at radius 3 is 2.65 bits per heavy atom. The Kier molecular flexibility index (Phi) is 4.56. The summed E-state index contributed by atoms with van der Waals surface area (Å²) in [7, 11) is 0. The summed E-state index contributed by atoms with van der Waals surface area (Å²) < 4.78 is 0. The second kappa shape index (κ2) is 6.02. The van der Waals surface area contributed by atoms with E-state index in [1.165, 1.54) is 6.42 Å². The van der Waals surface area contributed by atoms with Gasteiger partial charge in [0.25, 0.3) is 5.91 Å². The molecule has 1 aliphatic rings. The van der Waals surface area contributed by atoms with Gasteiger partial charge in [-0.3, -0.25) is 4.79 Å². The lowest BCUT2D eigenvalue weighted by atomic mass is 9.77. The van der Waals surface area contributed by atoms with E-state index in [-0.39, 0.29) is 5.91 Å². The largest absolute Gasteiger partial charge is 0.354 e. The molecule has 3 heteroatoms. The highest BCUT2D eigenvalue weighted by molar-refractivity contribution is 5.92. The van der Waals surface area contributed by atoms with Crippen LogP contribution in [-0.4, -0.2) is 28.9 Å². The van der Waals surface area contributed by atoms with Crippen molar-refractivity contribution < 1.29 is 4.79 Å². The maximum atomic E-state index is 12.5. The van der Waals surface area contributed by atoms with Gasteiger partial charge in [0.2, 0.25) is 0 Å². The van der Waals surface area contributed by atoms with Crippen LogP contribution in [0.3, 0.4) is 0 Å². The van der Waals surface area contributed by atoms with Crippen LogP contribution in [0.25, 0.3) is 0 Å². The first-order chi connectivity index (χ1) is 9.41. The monoisotopic (exact) mass is 276 g/mol. The molecule has 3 nitrogen and oxygen atoms in total. The number of likely N-dealkylation sites (tertiary alicyclic amines) is 1. The summed E-state index contributed by atoms with van der Waals surface area (Å²) in [5.74, 6) is 0.884. The summed E-state index contributed by atoms with van der Waals surface area (Å²) in [5.41, 5.74) is 2.23. The average Bonchev–Trinajstić information content (AvgIpc) is 2.72. The molecule has 1 atom stereocenters. The molecule has 0 saturated carbocycles. The number of amides is 1. The van der Waals surface area contributed by atoms with Crippen molar-refractivity contribution in [3.05, 3.63) is 23.5 Å². The molecule has 0 bridgehead atoms. The Morgan fingerprint density at radius 2 is 2.05 bits per heavy atom. The molecule has 0 aliphatic carbocycles. The van der Waals surface area contributed by atoms with Crippen LogP contribution in [0.2, 0.25) is 0 Å². The lowest BCUT2D eigenvalue weighted by Crippen LogP contribution is -2.32. The van der Waals surface area contributed by atoms with Crippen LogP contribution < -0.4 is 0 Å². The fourth-order valence-corrected chi connectivity index (χ4v) is 3.11. The Balaban J connectivity index is 2.01. The zero-order valence-corrected chi connectivity index (χ0v) is 13.3. The number of aromatic amines is 1. The first kappa shape index (κ1) is 15.1. The molecule has 1 aromatic rings. The number of hydrogen-bond donors (Lipinski definition) is 1. The van der Waals surface area contributed by atoms with Gasteiger partial charge in [0.05, 0.1) is 0 Å². The minimum Gasteiger partial charge on any atom is -0.354 e. The van der Waals surface area contributed by atoms with Crippen LogP contribution in [0, 0.1) is 11.3 Å². The minimum absolute atomic E-state index is 0.166. The third-order valence-electron chi connectivity index (χ3n) is 4.60. The zero-order valence-electron chi connectivity index (χ0n) is 13.3.